The van der Waals surface area contributed by atoms with Crippen LogP contribution in [0.3, 0.4) is 0 Å². The number of nitrogens with zero attached hydrogens (tertiary/aromatic N) is 2. The van der Waals surface area contributed by atoms with Crippen LogP contribution in [0.15, 0.2) is 21.5 Å². The van der Waals surface area contributed by atoms with Gasteiger partial charge in [-0.25, -0.2) is 8.42 Å². The molecule has 1 aliphatic rings. The standard InChI is InChI=1S/C13H21N3O3S2/c1-3-10-4-5-11(20-10)21(18,19)16-8-6-13(2,7-9-16)12(14)15-17/h4-5,17H,3,6-9H2,1-2H3,(H2,14,15). The zero-order valence-electron chi connectivity index (χ0n) is 12.2. The Labute approximate surface area is 129 Å². The molecule has 0 atom stereocenters. The molecule has 1 aromatic heterocycles. The predicted octanol–water partition coefficient (Wildman–Crippen LogP) is 1.85. The van der Waals surface area contributed by atoms with Crippen molar-refractivity contribution in [2.24, 2.45) is 16.3 Å². The molecular weight excluding hydrogens is 310 g/mol. The molecular formula is C13H21N3O3S2. The van der Waals surface area contributed by atoms with Gasteiger partial charge in [0.15, 0.2) is 0 Å². The van der Waals surface area contributed by atoms with E-state index >= 15 is 0 Å². The summed E-state index contributed by atoms with van der Waals surface area (Å²) in [6, 6.07) is 3.54. The monoisotopic (exact) mass is 331 g/mol. The van der Waals surface area contributed by atoms with Crippen molar-refractivity contribution in [1.29, 1.82) is 0 Å². The van der Waals surface area contributed by atoms with Crippen LogP contribution in [0.2, 0.25) is 0 Å². The highest BCUT2D eigenvalue weighted by molar-refractivity contribution is 7.91. The quantitative estimate of drug-likeness (QED) is 0.381. The highest BCUT2D eigenvalue weighted by atomic mass is 32.2. The maximum Gasteiger partial charge on any atom is 0.252 e. The molecule has 1 aromatic rings. The van der Waals surface area contributed by atoms with Gasteiger partial charge in [0.2, 0.25) is 0 Å². The Hall–Kier alpha value is -1.12. The number of thiophene rings is 1. The number of amidine groups is 1. The summed E-state index contributed by atoms with van der Waals surface area (Å²) in [6.45, 7) is 4.67. The van der Waals surface area contributed by atoms with E-state index in [4.69, 9.17) is 10.9 Å². The number of hydrogen-bond donors (Lipinski definition) is 2. The Morgan fingerprint density at radius 3 is 2.57 bits per heavy atom. The molecule has 0 saturated carbocycles. The van der Waals surface area contributed by atoms with E-state index in [2.05, 4.69) is 5.16 Å². The van der Waals surface area contributed by atoms with Crippen LogP contribution in [-0.2, 0) is 16.4 Å². The zero-order valence-corrected chi connectivity index (χ0v) is 13.9. The van der Waals surface area contributed by atoms with Crippen LogP contribution in [0.25, 0.3) is 0 Å². The fraction of sp³-hybridized carbons (Fsp3) is 0.615. The molecule has 0 aromatic carbocycles. The summed E-state index contributed by atoms with van der Waals surface area (Å²) in [6.07, 6.45) is 1.93. The summed E-state index contributed by atoms with van der Waals surface area (Å²) in [5, 5.41) is 11.9. The highest BCUT2D eigenvalue weighted by Gasteiger charge is 2.38. The molecule has 0 aliphatic carbocycles. The molecule has 0 bridgehead atoms. The molecule has 21 heavy (non-hydrogen) atoms. The first-order valence-electron chi connectivity index (χ1n) is 6.90. The highest BCUT2D eigenvalue weighted by Crippen LogP contribution is 2.34. The predicted molar refractivity (Wildman–Crippen MR) is 83.2 cm³/mol. The van der Waals surface area contributed by atoms with E-state index in [1.165, 1.54) is 15.6 Å². The van der Waals surface area contributed by atoms with Gasteiger partial charge in [-0.2, -0.15) is 4.31 Å². The SMILES string of the molecule is CCc1ccc(S(=O)(=O)N2CCC(C)(/C(N)=N/O)CC2)s1. The van der Waals surface area contributed by atoms with Gasteiger partial charge in [-0.05, 0) is 31.4 Å². The largest absolute Gasteiger partial charge is 0.409 e. The van der Waals surface area contributed by atoms with Gasteiger partial charge in [0.1, 0.15) is 10.0 Å². The molecule has 1 saturated heterocycles. The lowest BCUT2D eigenvalue weighted by atomic mass is 9.80. The van der Waals surface area contributed by atoms with Gasteiger partial charge < -0.3 is 10.9 Å². The number of piperidine rings is 1. The summed E-state index contributed by atoms with van der Waals surface area (Å²) in [4.78, 5) is 1.06. The molecule has 8 heteroatoms. The first kappa shape index (κ1) is 16.3. The Kier molecular flexibility index (Phi) is 4.60. The van der Waals surface area contributed by atoms with Crippen LogP contribution in [0.1, 0.15) is 31.6 Å². The van der Waals surface area contributed by atoms with E-state index in [0.29, 0.717) is 30.1 Å². The van der Waals surface area contributed by atoms with Gasteiger partial charge in [0.25, 0.3) is 10.0 Å². The fourth-order valence-electron chi connectivity index (χ4n) is 2.41. The van der Waals surface area contributed by atoms with Crippen molar-refractivity contribution in [2.45, 2.75) is 37.3 Å². The summed E-state index contributed by atoms with van der Waals surface area (Å²) in [5.41, 5.74) is 5.26. The second kappa shape index (κ2) is 5.94. The van der Waals surface area contributed by atoms with Crippen molar-refractivity contribution in [1.82, 2.24) is 4.31 Å². The molecule has 0 spiro atoms. The Bertz CT molecular complexity index is 629. The summed E-state index contributed by atoms with van der Waals surface area (Å²) >= 11 is 1.33. The summed E-state index contributed by atoms with van der Waals surface area (Å²) < 4.78 is 27.1. The van der Waals surface area contributed by atoms with E-state index in [1.807, 2.05) is 19.9 Å². The van der Waals surface area contributed by atoms with E-state index in [-0.39, 0.29) is 5.84 Å². The van der Waals surface area contributed by atoms with Crippen molar-refractivity contribution in [2.75, 3.05) is 13.1 Å². The lowest BCUT2D eigenvalue weighted by Gasteiger charge is -2.37. The minimum Gasteiger partial charge on any atom is -0.409 e. The van der Waals surface area contributed by atoms with Crippen LogP contribution < -0.4 is 5.73 Å². The maximum absolute atomic E-state index is 12.6. The van der Waals surface area contributed by atoms with Crippen LogP contribution in [-0.4, -0.2) is 36.9 Å². The topological polar surface area (TPSA) is 96.0 Å². The first-order chi connectivity index (χ1) is 9.83. The normalized spacial score (nSPS) is 20.6. The number of aryl methyl sites for hydroxylation is 1. The van der Waals surface area contributed by atoms with Crippen molar-refractivity contribution >= 4 is 27.2 Å². The van der Waals surface area contributed by atoms with E-state index in [1.54, 1.807) is 6.07 Å². The lowest BCUT2D eigenvalue weighted by Crippen LogP contribution is -2.47. The number of oxime groups is 1. The molecule has 0 amide bonds. The minimum atomic E-state index is -3.43. The minimum absolute atomic E-state index is 0.170. The average molecular weight is 331 g/mol. The van der Waals surface area contributed by atoms with E-state index in [0.717, 1.165) is 11.3 Å². The molecule has 2 heterocycles. The number of hydrogen-bond acceptors (Lipinski definition) is 5. The van der Waals surface area contributed by atoms with Crippen LogP contribution in [0.4, 0.5) is 0 Å². The molecule has 1 fully saturated rings. The van der Waals surface area contributed by atoms with Gasteiger partial charge in [0.05, 0.1) is 0 Å². The van der Waals surface area contributed by atoms with Crippen molar-refractivity contribution in [3.8, 4) is 0 Å². The Balaban J connectivity index is 2.14. The van der Waals surface area contributed by atoms with E-state index < -0.39 is 15.4 Å². The van der Waals surface area contributed by atoms with Crippen LogP contribution in [0.5, 0.6) is 0 Å². The van der Waals surface area contributed by atoms with Crippen molar-refractivity contribution in [3.63, 3.8) is 0 Å². The molecule has 2 rings (SSSR count). The van der Waals surface area contributed by atoms with Gasteiger partial charge in [-0.15, -0.1) is 11.3 Å². The third-order valence-corrected chi connectivity index (χ3v) is 7.73. The lowest BCUT2D eigenvalue weighted by molar-refractivity contribution is 0.230. The number of nitrogens with two attached hydrogens (primary N) is 1. The number of sulfonamides is 1. The summed E-state index contributed by atoms with van der Waals surface area (Å²) in [5.74, 6) is 0.170. The third-order valence-electron chi connectivity index (χ3n) is 4.13. The van der Waals surface area contributed by atoms with Gasteiger partial charge in [0, 0.05) is 23.4 Å². The van der Waals surface area contributed by atoms with Crippen LogP contribution >= 0.6 is 11.3 Å². The van der Waals surface area contributed by atoms with Crippen LogP contribution in [0, 0.1) is 5.41 Å². The smallest absolute Gasteiger partial charge is 0.252 e. The zero-order chi connectivity index (χ0) is 15.7. The Morgan fingerprint density at radius 2 is 2.10 bits per heavy atom. The fourth-order valence-corrected chi connectivity index (χ4v) is 5.30. The second-order valence-corrected chi connectivity index (χ2v) is 8.86. The molecule has 6 nitrogen and oxygen atoms in total. The molecule has 3 N–H and O–H groups in total. The Morgan fingerprint density at radius 1 is 1.48 bits per heavy atom. The molecule has 1 aliphatic heterocycles. The summed E-state index contributed by atoms with van der Waals surface area (Å²) in [7, 11) is -3.43. The second-order valence-electron chi connectivity index (χ2n) is 5.52. The van der Waals surface area contributed by atoms with Gasteiger partial charge >= 0.3 is 0 Å². The average Bonchev–Trinajstić information content (AvgIpc) is 2.96. The number of rotatable bonds is 4. The van der Waals surface area contributed by atoms with Crippen molar-refractivity contribution in [3.05, 3.63) is 17.0 Å². The van der Waals surface area contributed by atoms with E-state index in [9.17, 15) is 8.42 Å². The van der Waals surface area contributed by atoms with Crippen molar-refractivity contribution < 1.29 is 13.6 Å². The maximum atomic E-state index is 12.6. The molecule has 0 radical (unpaired) electrons. The van der Waals surface area contributed by atoms with Gasteiger partial charge in [-0.3, -0.25) is 0 Å². The first-order valence-corrected chi connectivity index (χ1v) is 9.16. The molecule has 118 valence electrons. The van der Waals surface area contributed by atoms with Gasteiger partial charge in [-0.1, -0.05) is 19.0 Å². The third kappa shape index (κ3) is 3.07. The molecule has 0 unspecified atom stereocenters.